The lowest BCUT2D eigenvalue weighted by Gasteiger charge is -2.24. The minimum Gasteiger partial charge on any atom is -0.463 e. The Morgan fingerprint density at radius 1 is 0.889 bits per heavy atom. The number of esters is 1. The Morgan fingerprint density at radius 3 is 2.11 bits per heavy atom. The highest BCUT2D eigenvalue weighted by atomic mass is 31.2. The number of allylic oxidation sites excluding steroid dienone is 4. The van der Waals surface area contributed by atoms with Crippen LogP contribution in [0.4, 0.5) is 0 Å². The molecular formula is C26H51NO8P+. The number of carbonyl (C=O) groups excluding carboxylic acids is 1. The molecule has 0 rings (SSSR count). The van der Waals surface area contributed by atoms with Gasteiger partial charge in [0.2, 0.25) is 0 Å². The molecule has 0 fully saturated rings. The third kappa shape index (κ3) is 24.6. The number of nitrogens with zero attached hydrogens (tertiary/aromatic N) is 1. The van der Waals surface area contributed by atoms with Crippen LogP contribution in [-0.2, 0) is 28.0 Å². The van der Waals surface area contributed by atoms with Gasteiger partial charge in [0, 0.05) is 6.42 Å². The molecule has 0 radical (unpaired) electrons. The maximum absolute atomic E-state index is 11.9. The summed E-state index contributed by atoms with van der Waals surface area (Å²) in [6.07, 6.45) is 20.3. The Labute approximate surface area is 218 Å². The molecule has 0 amide bonds. The minimum absolute atomic E-state index is 0.0322. The third-order valence-corrected chi connectivity index (χ3v) is 6.34. The van der Waals surface area contributed by atoms with Gasteiger partial charge in [-0.3, -0.25) is 19.1 Å². The van der Waals surface area contributed by atoms with E-state index in [1.807, 2.05) is 21.1 Å². The molecule has 2 unspecified atom stereocenters. The Bertz CT molecular complexity index is 648. The van der Waals surface area contributed by atoms with E-state index in [1.165, 1.54) is 25.7 Å². The van der Waals surface area contributed by atoms with E-state index in [9.17, 15) is 14.3 Å². The fourth-order valence-electron chi connectivity index (χ4n) is 3.09. The summed E-state index contributed by atoms with van der Waals surface area (Å²) < 4.78 is 27.2. The zero-order valence-corrected chi connectivity index (χ0v) is 23.8. The lowest BCUT2D eigenvalue weighted by atomic mass is 10.1. The van der Waals surface area contributed by atoms with Crippen molar-refractivity contribution >= 4 is 13.8 Å². The average Bonchev–Trinajstić information content (AvgIpc) is 2.80. The zero-order chi connectivity index (χ0) is 27.1. The molecule has 36 heavy (non-hydrogen) atoms. The lowest BCUT2D eigenvalue weighted by Crippen LogP contribution is -2.37. The van der Waals surface area contributed by atoms with E-state index < -0.39 is 26.5 Å². The van der Waals surface area contributed by atoms with E-state index in [0.29, 0.717) is 11.0 Å². The third-order valence-electron chi connectivity index (χ3n) is 5.35. The Balaban J connectivity index is 3.76. The number of rotatable bonds is 24. The first-order valence-electron chi connectivity index (χ1n) is 13.3. The smallest absolute Gasteiger partial charge is 0.463 e. The van der Waals surface area contributed by atoms with Gasteiger partial charge >= 0.3 is 13.8 Å². The number of phosphoric ester groups is 1. The van der Waals surface area contributed by atoms with Crippen molar-refractivity contribution in [3.8, 4) is 0 Å². The second-order valence-corrected chi connectivity index (χ2v) is 11.5. The van der Waals surface area contributed by atoms with Crippen LogP contribution in [0.2, 0.25) is 0 Å². The summed E-state index contributed by atoms with van der Waals surface area (Å²) in [7, 11) is 1.48. The summed E-state index contributed by atoms with van der Waals surface area (Å²) in [5, 5.41) is 8.94. The molecule has 0 aliphatic rings. The maximum atomic E-state index is 11.9. The molecule has 0 spiro atoms. The molecule has 0 aromatic carbocycles. The Hall–Kier alpha value is -1.06. The molecule has 0 saturated heterocycles. The van der Waals surface area contributed by atoms with Crippen molar-refractivity contribution < 1.29 is 42.7 Å². The molecule has 0 heterocycles. The van der Waals surface area contributed by atoms with Gasteiger partial charge in [0.05, 0.1) is 27.7 Å². The molecule has 10 heteroatoms. The van der Waals surface area contributed by atoms with Gasteiger partial charge in [-0.05, 0) is 38.5 Å². The van der Waals surface area contributed by atoms with Crippen LogP contribution in [0.1, 0.15) is 84.0 Å². The van der Waals surface area contributed by atoms with Gasteiger partial charge in [0.15, 0.2) is 6.10 Å². The van der Waals surface area contributed by atoms with Crippen molar-refractivity contribution in [3.63, 3.8) is 0 Å². The van der Waals surface area contributed by atoms with Crippen molar-refractivity contribution in [3.05, 3.63) is 24.3 Å². The maximum Gasteiger partial charge on any atom is 0.472 e. The number of hydrogen-bond acceptors (Lipinski definition) is 7. The predicted molar refractivity (Wildman–Crippen MR) is 142 cm³/mol. The van der Waals surface area contributed by atoms with Gasteiger partial charge in [-0.1, -0.05) is 63.3 Å². The molecule has 2 N–H and O–H groups in total. The molecule has 0 aromatic heterocycles. The molecule has 0 aliphatic carbocycles. The molecule has 0 aromatic rings. The first-order chi connectivity index (χ1) is 17.1. The Morgan fingerprint density at radius 2 is 1.50 bits per heavy atom. The van der Waals surface area contributed by atoms with Crippen molar-refractivity contribution in [2.75, 3.05) is 47.5 Å². The van der Waals surface area contributed by atoms with Crippen molar-refractivity contribution in [2.24, 2.45) is 0 Å². The zero-order valence-electron chi connectivity index (χ0n) is 22.9. The van der Waals surface area contributed by atoms with E-state index in [2.05, 4.69) is 36.1 Å². The van der Waals surface area contributed by atoms with Gasteiger partial charge in [-0.25, -0.2) is 9.45 Å². The highest BCUT2D eigenvalue weighted by Crippen LogP contribution is 2.43. The van der Waals surface area contributed by atoms with Crippen molar-refractivity contribution in [2.45, 2.75) is 90.1 Å². The van der Waals surface area contributed by atoms with E-state index in [-0.39, 0.29) is 19.6 Å². The topological polar surface area (TPSA) is 112 Å². The largest absolute Gasteiger partial charge is 0.472 e. The van der Waals surface area contributed by atoms with Crippen LogP contribution in [0.25, 0.3) is 0 Å². The quantitative estimate of drug-likeness (QED) is 0.0292. The summed E-state index contributed by atoms with van der Waals surface area (Å²) in [5.74, 6) is -0.408. The van der Waals surface area contributed by atoms with Crippen LogP contribution in [0.5, 0.6) is 0 Å². The standard InChI is InChI=1S/C26H50NO8P/c1-5-6-7-8-9-10-11-12-13-14-15-16-17-18-19-20-26(28)32-23-25(35-29)24-34-36(30,31)33-22-21-27(2,3)4/h9-10,12-13,25H,5-8,11,14-24H2,1-4H3,(H-,29,30,31)/p+1/b10-9-,13-12-. The van der Waals surface area contributed by atoms with Crippen LogP contribution >= 0.6 is 7.82 Å². The van der Waals surface area contributed by atoms with Crippen molar-refractivity contribution in [1.29, 1.82) is 0 Å². The monoisotopic (exact) mass is 536 g/mol. The number of ether oxygens (including phenoxy) is 1. The van der Waals surface area contributed by atoms with Gasteiger partial charge in [0.1, 0.15) is 19.8 Å². The summed E-state index contributed by atoms with van der Waals surface area (Å²) >= 11 is 0. The minimum atomic E-state index is -4.29. The van der Waals surface area contributed by atoms with Crippen LogP contribution < -0.4 is 0 Å². The fourth-order valence-corrected chi connectivity index (χ4v) is 3.83. The molecule has 9 nitrogen and oxygen atoms in total. The van der Waals surface area contributed by atoms with Crippen LogP contribution in [-0.4, -0.2) is 74.2 Å². The highest BCUT2D eigenvalue weighted by molar-refractivity contribution is 7.47. The number of likely N-dealkylation sites (N-methyl/N-ethyl adjacent to an activating group) is 1. The first kappa shape index (κ1) is 34.9. The summed E-state index contributed by atoms with van der Waals surface area (Å²) in [4.78, 5) is 25.8. The van der Waals surface area contributed by atoms with Crippen molar-refractivity contribution in [1.82, 2.24) is 0 Å². The van der Waals surface area contributed by atoms with Crippen LogP contribution in [0, 0.1) is 0 Å². The van der Waals surface area contributed by atoms with Gasteiger partial charge in [-0.2, -0.15) is 0 Å². The van der Waals surface area contributed by atoms with E-state index in [4.69, 9.17) is 19.0 Å². The van der Waals surface area contributed by atoms with Crippen LogP contribution in [0.3, 0.4) is 0 Å². The molecule has 212 valence electrons. The lowest BCUT2D eigenvalue weighted by molar-refractivity contribution is -0.870. The molecule has 2 atom stereocenters. The normalized spacial score (nSPS) is 14.9. The fraction of sp³-hybridized carbons (Fsp3) is 0.808. The Kier molecular flexibility index (Phi) is 21.3. The number of quaternary nitrogens is 1. The summed E-state index contributed by atoms with van der Waals surface area (Å²) in [6.45, 7) is 2.03. The molecule has 0 bridgehead atoms. The van der Waals surface area contributed by atoms with Gasteiger partial charge in [0.25, 0.3) is 0 Å². The van der Waals surface area contributed by atoms with Gasteiger partial charge in [-0.15, -0.1) is 0 Å². The van der Waals surface area contributed by atoms with E-state index in [1.54, 1.807) is 0 Å². The first-order valence-corrected chi connectivity index (χ1v) is 14.8. The highest BCUT2D eigenvalue weighted by Gasteiger charge is 2.25. The SMILES string of the molecule is CCCCC/C=C\C/C=C\CCCCCCCC(=O)OCC(COP(=O)(O)OCC[N+](C)(C)C)OO. The second-order valence-electron chi connectivity index (χ2n) is 10.0. The van der Waals surface area contributed by atoms with Gasteiger partial charge < -0.3 is 14.1 Å². The number of phosphoric acid groups is 1. The number of unbranched alkanes of at least 4 members (excludes halogenated alkanes) is 8. The number of hydrogen-bond donors (Lipinski definition) is 2. The average molecular weight is 537 g/mol. The second kappa shape index (κ2) is 22.0. The number of carbonyl (C=O) groups is 1. The predicted octanol–water partition coefficient (Wildman–Crippen LogP) is 6.04. The molecule has 0 saturated carbocycles. The molecule has 0 aliphatic heterocycles. The van der Waals surface area contributed by atoms with E-state index in [0.717, 1.165) is 44.9 Å². The van der Waals surface area contributed by atoms with E-state index >= 15 is 0 Å². The molecular weight excluding hydrogens is 485 g/mol. The van der Waals surface area contributed by atoms with Crippen LogP contribution in [0.15, 0.2) is 24.3 Å². The summed E-state index contributed by atoms with van der Waals surface area (Å²) in [6, 6.07) is 0. The summed E-state index contributed by atoms with van der Waals surface area (Å²) in [5.41, 5.74) is 0.